The number of nitrogens with zero attached hydrogens (tertiary/aromatic N) is 2. The molecule has 0 radical (unpaired) electrons. The molecule has 1 heterocycles. The largest absolute Gasteiger partial charge is 0.497 e. The Morgan fingerprint density at radius 2 is 2.08 bits per heavy atom. The molecular formula is C15H18N4O4S. The number of carbonyl (C=O) groups excluding carboxylic acids is 2. The number of benzene rings is 1. The van der Waals surface area contributed by atoms with E-state index in [1.165, 1.54) is 18.4 Å². The maximum atomic E-state index is 12.0. The Bertz CT molecular complexity index is 704. The fourth-order valence-corrected chi connectivity index (χ4v) is 2.55. The lowest BCUT2D eigenvalue weighted by Crippen LogP contribution is -2.27. The van der Waals surface area contributed by atoms with Crippen LogP contribution in [0.3, 0.4) is 0 Å². The van der Waals surface area contributed by atoms with Crippen molar-refractivity contribution >= 4 is 28.3 Å². The second kappa shape index (κ2) is 8.94. The Hall–Kier alpha value is -2.52. The van der Waals surface area contributed by atoms with E-state index in [-0.39, 0.29) is 24.8 Å². The number of ether oxygens (including phenoxy) is 2. The third-order valence-corrected chi connectivity index (χ3v) is 3.76. The zero-order chi connectivity index (χ0) is 17.4. The summed E-state index contributed by atoms with van der Waals surface area (Å²) in [7, 11) is 3.09. The van der Waals surface area contributed by atoms with Gasteiger partial charge in [-0.15, -0.1) is 10.2 Å². The number of nitrogens with one attached hydrogen (secondary N) is 2. The van der Waals surface area contributed by atoms with Crippen LogP contribution in [0.25, 0.3) is 0 Å². The van der Waals surface area contributed by atoms with Gasteiger partial charge in [0, 0.05) is 25.6 Å². The van der Waals surface area contributed by atoms with Crippen LogP contribution in [-0.4, -0.2) is 42.8 Å². The average molecular weight is 350 g/mol. The van der Waals surface area contributed by atoms with Crippen molar-refractivity contribution in [3.05, 3.63) is 34.8 Å². The minimum Gasteiger partial charge on any atom is -0.497 e. The number of hydrogen-bond acceptors (Lipinski definition) is 7. The predicted molar refractivity (Wildman–Crippen MR) is 89.2 cm³/mol. The second-order valence-electron chi connectivity index (χ2n) is 4.72. The van der Waals surface area contributed by atoms with Gasteiger partial charge in [0.15, 0.2) is 0 Å². The van der Waals surface area contributed by atoms with Crippen LogP contribution in [0.2, 0.25) is 0 Å². The summed E-state index contributed by atoms with van der Waals surface area (Å²) >= 11 is 1.25. The molecule has 1 aromatic carbocycles. The van der Waals surface area contributed by atoms with Crippen LogP contribution in [0, 0.1) is 0 Å². The Morgan fingerprint density at radius 3 is 2.83 bits per heavy atom. The molecule has 2 rings (SSSR count). The van der Waals surface area contributed by atoms with Crippen LogP contribution in [0.15, 0.2) is 24.3 Å². The average Bonchev–Trinajstić information content (AvgIpc) is 3.02. The lowest BCUT2D eigenvalue weighted by atomic mass is 10.2. The lowest BCUT2D eigenvalue weighted by Gasteiger charge is -2.06. The summed E-state index contributed by atoms with van der Waals surface area (Å²) in [6.07, 6.45) is 0.134. The number of hydrogen-bond donors (Lipinski definition) is 2. The third kappa shape index (κ3) is 5.28. The van der Waals surface area contributed by atoms with Crippen LogP contribution in [0.5, 0.6) is 5.75 Å². The van der Waals surface area contributed by atoms with Crippen molar-refractivity contribution in [2.24, 2.45) is 0 Å². The van der Waals surface area contributed by atoms with Crippen LogP contribution in [0.4, 0.5) is 5.13 Å². The summed E-state index contributed by atoms with van der Waals surface area (Å²) in [5.74, 6) is 0.0876. The topological polar surface area (TPSA) is 102 Å². The summed E-state index contributed by atoms with van der Waals surface area (Å²) in [5, 5.41) is 14.1. The highest BCUT2D eigenvalue weighted by Crippen LogP contribution is 2.16. The van der Waals surface area contributed by atoms with E-state index in [2.05, 4.69) is 20.8 Å². The van der Waals surface area contributed by atoms with Gasteiger partial charge >= 0.3 is 0 Å². The van der Waals surface area contributed by atoms with Gasteiger partial charge in [-0.25, -0.2) is 0 Å². The van der Waals surface area contributed by atoms with Crippen molar-refractivity contribution in [3.63, 3.8) is 0 Å². The van der Waals surface area contributed by atoms with E-state index >= 15 is 0 Å². The molecule has 1 aromatic heterocycles. The van der Waals surface area contributed by atoms with E-state index < -0.39 is 0 Å². The fraction of sp³-hybridized carbons (Fsp3) is 0.333. The molecule has 2 N–H and O–H groups in total. The number of anilines is 1. The van der Waals surface area contributed by atoms with Crippen molar-refractivity contribution in [2.75, 3.05) is 26.1 Å². The number of carbonyl (C=O) groups is 2. The molecule has 0 aliphatic heterocycles. The summed E-state index contributed by atoms with van der Waals surface area (Å²) in [4.78, 5) is 23.8. The van der Waals surface area contributed by atoms with Gasteiger partial charge in [0.1, 0.15) is 17.4 Å². The molecule has 8 nitrogen and oxygen atoms in total. The van der Waals surface area contributed by atoms with E-state index in [0.717, 1.165) is 0 Å². The number of amides is 2. The van der Waals surface area contributed by atoms with Crippen LogP contribution < -0.4 is 15.4 Å². The molecule has 0 aliphatic rings. The number of aromatic nitrogens is 2. The van der Waals surface area contributed by atoms with Gasteiger partial charge in [0.05, 0.1) is 7.11 Å². The molecule has 0 aliphatic carbocycles. The molecule has 2 aromatic rings. The molecular weight excluding hydrogens is 332 g/mol. The minimum atomic E-state index is -0.264. The zero-order valence-corrected chi connectivity index (χ0v) is 14.2. The Balaban J connectivity index is 1.76. The first kappa shape index (κ1) is 17.8. The number of rotatable bonds is 8. The van der Waals surface area contributed by atoms with Gasteiger partial charge in [-0.1, -0.05) is 17.4 Å². The Kier molecular flexibility index (Phi) is 6.64. The van der Waals surface area contributed by atoms with Gasteiger partial charge in [-0.05, 0) is 18.2 Å². The van der Waals surface area contributed by atoms with Gasteiger partial charge in [-0.2, -0.15) is 0 Å². The molecule has 0 unspecified atom stereocenters. The fourth-order valence-electron chi connectivity index (χ4n) is 1.82. The monoisotopic (exact) mass is 350 g/mol. The first-order chi connectivity index (χ1) is 11.6. The highest BCUT2D eigenvalue weighted by atomic mass is 32.1. The lowest BCUT2D eigenvalue weighted by molar-refractivity contribution is -0.116. The van der Waals surface area contributed by atoms with Crippen molar-refractivity contribution in [1.29, 1.82) is 0 Å². The van der Waals surface area contributed by atoms with Gasteiger partial charge in [0.2, 0.25) is 11.0 Å². The highest BCUT2D eigenvalue weighted by molar-refractivity contribution is 7.15. The van der Waals surface area contributed by atoms with E-state index in [4.69, 9.17) is 9.47 Å². The third-order valence-electron chi connectivity index (χ3n) is 2.95. The van der Waals surface area contributed by atoms with E-state index in [0.29, 0.717) is 28.1 Å². The van der Waals surface area contributed by atoms with E-state index in [9.17, 15) is 9.59 Å². The molecule has 0 fully saturated rings. The first-order valence-corrected chi connectivity index (χ1v) is 7.97. The molecule has 2 amide bonds. The molecule has 128 valence electrons. The quantitative estimate of drug-likeness (QED) is 0.747. The SMILES string of the molecule is COCc1nnc(NC(=O)CCNC(=O)c2cccc(OC)c2)s1. The molecule has 0 atom stereocenters. The molecule has 24 heavy (non-hydrogen) atoms. The molecule has 0 spiro atoms. The summed E-state index contributed by atoms with van der Waals surface area (Å²) in [6, 6.07) is 6.79. The van der Waals surface area contributed by atoms with Crippen LogP contribution in [-0.2, 0) is 16.1 Å². The molecule has 0 bridgehead atoms. The van der Waals surface area contributed by atoms with Gasteiger partial charge in [-0.3, -0.25) is 9.59 Å². The standard InChI is InChI=1S/C15H18N4O4S/c1-22-9-13-18-19-15(24-13)17-12(20)6-7-16-14(21)10-4-3-5-11(8-10)23-2/h3-5,8H,6-7,9H2,1-2H3,(H,16,21)(H,17,19,20). The summed E-state index contributed by atoms with van der Waals surface area (Å²) in [5.41, 5.74) is 0.475. The highest BCUT2D eigenvalue weighted by Gasteiger charge is 2.10. The van der Waals surface area contributed by atoms with Crippen molar-refractivity contribution in [2.45, 2.75) is 13.0 Å². The summed E-state index contributed by atoms with van der Waals surface area (Å²) < 4.78 is 10.0. The smallest absolute Gasteiger partial charge is 0.251 e. The summed E-state index contributed by atoms with van der Waals surface area (Å²) in [6.45, 7) is 0.565. The van der Waals surface area contributed by atoms with Gasteiger partial charge in [0.25, 0.3) is 5.91 Å². The Morgan fingerprint density at radius 1 is 1.25 bits per heavy atom. The minimum absolute atomic E-state index is 0.134. The van der Waals surface area contributed by atoms with Crippen molar-refractivity contribution in [3.8, 4) is 5.75 Å². The van der Waals surface area contributed by atoms with E-state index in [1.54, 1.807) is 31.4 Å². The van der Waals surface area contributed by atoms with Crippen molar-refractivity contribution in [1.82, 2.24) is 15.5 Å². The maximum absolute atomic E-state index is 12.0. The molecule has 0 saturated carbocycles. The second-order valence-corrected chi connectivity index (χ2v) is 5.78. The van der Waals surface area contributed by atoms with Gasteiger partial charge < -0.3 is 20.1 Å². The van der Waals surface area contributed by atoms with Crippen LogP contribution >= 0.6 is 11.3 Å². The first-order valence-electron chi connectivity index (χ1n) is 7.16. The predicted octanol–water partition coefficient (Wildman–Crippen LogP) is 1.45. The van der Waals surface area contributed by atoms with E-state index in [1.807, 2.05) is 0 Å². The molecule has 0 saturated heterocycles. The Labute approximate surface area is 143 Å². The zero-order valence-electron chi connectivity index (χ0n) is 13.4. The molecule has 9 heteroatoms. The maximum Gasteiger partial charge on any atom is 0.251 e. The normalized spacial score (nSPS) is 10.2. The van der Waals surface area contributed by atoms with Crippen LogP contribution in [0.1, 0.15) is 21.8 Å². The number of methoxy groups -OCH3 is 2. The van der Waals surface area contributed by atoms with Crippen molar-refractivity contribution < 1.29 is 19.1 Å².